The van der Waals surface area contributed by atoms with Gasteiger partial charge < -0.3 is 4.74 Å². The van der Waals surface area contributed by atoms with Crippen molar-refractivity contribution in [1.29, 1.82) is 0 Å². The third-order valence-corrected chi connectivity index (χ3v) is 5.71. The van der Waals surface area contributed by atoms with Crippen molar-refractivity contribution in [3.05, 3.63) is 45.9 Å². The Labute approximate surface area is 163 Å². The van der Waals surface area contributed by atoms with Gasteiger partial charge in [0.15, 0.2) is 5.17 Å². The Morgan fingerprint density at radius 2 is 2.07 bits per heavy atom. The second kappa shape index (κ2) is 7.09. The molecule has 0 radical (unpaired) electrons. The van der Waals surface area contributed by atoms with E-state index in [0.717, 1.165) is 15.9 Å². The Bertz CT molecular complexity index is 1110. The van der Waals surface area contributed by atoms with Gasteiger partial charge in [0.05, 0.1) is 17.7 Å². The van der Waals surface area contributed by atoms with E-state index in [0.29, 0.717) is 26.6 Å². The second-order valence-corrected chi connectivity index (χ2v) is 7.91. The standard InChI is InChI=1S/C18H15N5O2S2/c1-10-21-22-17(26-10)20-18-23(2)16(24)14(27-18)9-12-8-7-11-5-4-6-13(25-3)15(11)19-12/h4-9H,1-3H3/b14-9-,20-18?. The van der Waals surface area contributed by atoms with Gasteiger partial charge in [0.25, 0.3) is 5.91 Å². The summed E-state index contributed by atoms with van der Waals surface area (Å²) in [6.07, 6.45) is 1.77. The number of amides is 1. The van der Waals surface area contributed by atoms with Crippen LogP contribution >= 0.6 is 23.1 Å². The predicted molar refractivity (Wildman–Crippen MR) is 108 cm³/mol. The van der Waals surface area contributed by atoms with Gasteiger partial charge in [-0.25, -0.2) is 4.98 Å². The third-order valence-electron chi connectivity index (χ3n) is 3.91. The molecule has 3 aromatic rings. The number of carbonyl (C=O) groups excluding carboxylic acids is 1. The average molecular weight is 397 g/mol. The number of thioether (sulfide) groups is 1. The predicted octanol–water partition coefficient (Wildman–Crippen LogP) is 3.64. The Kier molecular flexibility index (Phi) is 4.63. The number of likely N-dealkylation sites (N-methyl/N-ethyl adjacent to an activating group) is 1. The van der Waals surface area contributed by atoms with E-state index in [9.17, 15) is 4.79 Å². The number of aryl methyl sites for hydroxylation is 1. The highest BCUT2D eigenvalue weighted by molar-refractivity contribution is 8.18. The molecular weight excluding hydrogens is 382 g/mol. The Balaban J connectivity index is 1.69. The van der Waals surface area contributed by atoms with Crippen LogP contribution < -0.4 is 4.74 Å². The number of aliphatic imine (C=N–C) groups is 1. The normalized spacial score (nSPS) is 17.4. The van der Waals surface area contributed by atoms with Crippen molar-refractivity contribution >= 4 is 56.3 Å². The van der Waals surface area contributed by atoms with Gasteiger partial charge in [-0.15, -0.1) is 10.2 Å². The van der Waals surface area contributed by atoms with E-state index in [1.165, 1.54) is 28.0 Å². The number of hydrogen-bond donors (Lipinski definition) is 0. The fourth-order valence-corrected chi connectivity index (χ4v) is 4.15. The number of amidine groups is 1. The van der Waals surface area contributed by atoms with Crippen molar-refractivity contribution in [3.63, 3.8) is 0 Å². The molecule has 0 saturated carbocycles. The van der Waals surface area contributed by atoms with E-state index in [-0.39, 0.29) is 5.91 Å². The van der Waals surface area contributed by atoms with Crippen molar-refractivity contribution in [2.45, 2.75) is 6.92 Å². The van der Waals surface area contributed by atoms with E-state index < -0.39 is 0 Å². The fraction of sp³-hybridized carbons (Fsp3) is 0.167. The second-order valence-electron chi connectivity index (χ2n) is 5.74. The zero-order valence-electron chi connectivity index (χ0n) is 14.8. The summed E-state index contributed by atoms with van der Waals surface area (Å²) in [6, 6.07) is 9.60. The van der Waals surface area contributed by atoms with Crippen LogP contribution in [0.4, 0.5) is 5.13 Å². The summed E-state index contributed by atoms with van der Waals surface area (Å²) in [7, 11) is 3.31. The lowest BCUT2D eigenvalue weighted by Crippen LogP contribution is -2.23. The van der Waals surface area contributed by atoms with E-state index >= 15 is 0 Å². The molecule has 1 fully saturated rings. The Morgan fingerprint density at radius 1 is 1.22 bits per heavy atom. The van der Waals surface area contributed by atoms with Crippen molar-refractivity contribution in [2.24, 2.45) is 4.99 Å². The number of methoxy groups -OCH3 is 1. The molecule has 3 heterocycles. The maximum atomic E-state index is 12.6. The average Bonchev–Trinajstić information content (AvgIpc) is 3.20. The number of rotatable bonds is 3. The Morgan fingerprint density at radius 3 is 2.81 bits per heavy atom. The molecule has 0 bridgehead atoms. The van der Waals surface area contributed by atoms with Gasteiger partial charge in [0.2, 0.25) is 5.13 Å². The molecular formula is C18H15N5O2S2. The SMILES string of the molecule is COc1cccc2ccc(/C=C3\SC(=Nc4nnc(C)s4)N(C)C3=O)nc12. The number of benzene rings is 1. The lowest BCUT2D eigenvalue weighted by atomic mass is 10.2. The summed E-state index contributed by atoms with van der Waals surface area (Å²) in [6.45, 7) is 1.86. The number of ether oxygens (including phenoxy) is 1. The largest absolute Gasteiger partial charge is 0.494 e. The molecule has 1 aromatic carbocycles. The molecule has 7 nitrogen and oxygen atoms in total. The molecule has 136 valence electrons. The zero-order valence-corrected chi connectivity index (χ0v) is 16.5. The van der Waals surface area contributed by atoms with E-state index in [4.69, 9.17) is 4.74 Å². The molecule has 9 heteroatoms. The summed E-state index contributed by atoms with van der Waals surface area (Å²) >= 11 is 2.68. The maximum absolute atomic E-state index is 12.6. The highest BCUT2D eigenvalue weighted by Gasteiger charge is 2.30. The van der Waals surface area contributed by atoms with Crippen molar-refractivity contribution in [1.82, 2.24) is 20.1 Å². The van der Waals surface area contributed by atoms with Crippen molar-refractivity contribution in [3.8, 4) is 5.75 Å². The first kappa shape index (κ1) is 17.6. The van der Waals surface area contributed by atoms with Crippen LogP contribution in [0.1, 0.15) is 10.7 Å². The fourth-order valence-electron chi connectivity index (χ4n) is 2.58. The van der Waals surface area contributed by atoms with Crippen LogP contribution in [-0.2, 0) is 4.79 Å². The van der Waals surface area contributed by atoms with E-state index in [2.05, 4.69) is 20.2 Å². The first-order chi connectivity index (χ1) is 13.0. The summed E-state index contributed by atoms with van der Waals surface area (Å²) < 4.78 is 5.38. The van der Waals surface area contributed by atoms with Crippen molar-refractivity contribution < 1.29 is 9.53 Å². The third kappa shape index (κ3) is 3.43. The van der Waals surface area contributed by atoms with Gasteiger partial charge in [-0.3, -0.25) is 9.69 Å². The van der Waals surface area contributed by atoms with Gasteiger partial charge in [-0.1, -0.05) is 29.5 Å². The summed E-state index contributed by atoms with van der Waals surface area (Å²) in [5.74, 6) is 0.575. The number of pyridine rings is 1. The molecule has 0 unspecified atom stereocenters. The maximum Gasteiger partial charge on any atom is 0.266 e. The van der Waals surface area contributed by atoms with Gasteiger partial charge in [-0.05, 0) is 36.9 Å². The molecule has 2 aromatic heterocycles. The van der Waals surface area contributed by atoms with Crippen LogP contribution in [-0.4, -0.2) is 45.3 Å². The molecule has 4 rings (SSSR count). The number of para-hydroxylation sites is 1. The molecule has 1 amide bonds. The highest BCUT2D eigenvalue weighted by Crippen LogP contribution is 2.34. The molecule has 1 aliphatic rings. The van der Waals surface area contributed by atoms with Gasteiger partial charge in [0, 0.05) is 12.4 Å². The number of nitrogens with zero attached hydrogens (tertiary/aromatic N) is 5. The van der Waals surface area contributed by atoms with Crippen LogP contribution in [0, 0.1) is 6.92 Å². The zero-order chi connectivity index (χ0) is 19.0. The monoisotopic (exact) mass is 397 g/mol. The van der Waals surface area contributed by atoms with Gasteiger partial charge >= 0.3 is 0 Å². The quantitative estimate of drug-likeness (QED) is 0.628. The van der Waals surface area contributed by atoms with Crippen LogP contribution in [0.3, 0.4) is 0 Å². The summed E-state index contributed by atoms with van der Waals surface area (Å²) in [4.78, 5) is 23.7. The summed E-state index contributed by atoms with van der Waals surface area (Å²) in [5.41, 5.74) is 1.45. The molecule has 0 aliphatic carbocycles. The minimum absolute atomic E-state index is 0.123. The van der Waals surface area contributed by atoms with Crippen LogP contribution in [0.5, 0.6) is 5.75 Å². The first-order valence-electron chi connectivity index (χ1n) is 8.05. The van der Waals surface area contributed by atoms with E-state index in [1.54, 1.807) is 20.2 Å². The molecule has 27 heavy (non-hydrogen) atoms. The van der Waals surface area contributed by atoms with Gasteiger partial charge in [-0.2, -0.15) is 4.99 Å². The highest BCUT2D eigenvalue weighted by atomic mass is 32.2. The topological polar surface area (TPSA) is 80.6 Å². The lowest BCUT2D eigenvalue weighted by molar-refractivity contribution is -0.121. The molecule has 0 N–H and O–H groups in total. The number of fused-ring (bicyclic) bond motifs is 1. The molecule has 1 aliphatic heterocycles. The molecule has 1 saturated heterocycles. The molecule has 0 spiro atoms. The van der Waals surface area contributed by atoms with Crippen LogP contribution in [0.2, 0.25) is 0 Å². The minimum atomic E-state index is -0.123. The number of hydrogen-bond acceptors (Lipinski definition) is 8. The minimum Gasteiger partial charge on any atom is -0.494 e. The van der Waals surface area contributed by atoms with Gasteiger partial charge in [0.1, 0.15) is 16.3 Å². The number of aromatic nitrogens is 3. The number of carbonyl (C=O) groups is 1. The summed E-state index contributed by atoms with van der Waals surface area (Å²) in [5, 5.41) is 10.8. The first-order valence-corrected chi connectivity index (χ1v) is 9.68. The van der Waals surface area contributed by atoms with Crippen LogP contribution in [0.15, 0.2) is 40.2 Å². The van der Waals surface area contributed by atoms with Crippen LogP contribution in [0.25, 0.3) is 17.0 Å². The lowest BCUT2D eigenvalue weighted by Gasteiger charge is -2.06. The smallest absolute Gasteiger partial charge is 0.266 e. The van der Waals surface area contributed by atoms with E-state index in [1.807, 2.05) is 37.3 Å². The molecule has 0 atom stereocenters. The van der Waals surface area contributed by atoms with Crippen molar-refractivity contribution in [2.75, 3.05) is 14.2 Å². The Hall–Kier alpha value is -2.78.